The van der Waals surface area contributed by atoms with Gasteiger partial charge in [0, 0.05) is 16.7 Å². The summed E-state index contributed by atoms with van der Waals surface area (Å²) in [4.78, 5) is 15.6. The monoisotopic (exact) mass is 231 g/mol. The molecular weight excluding hydrogens is 222 g/mol. The van der Waals surface area contributed by atoms with E-state index >= 15 is 0 Å². The topological polar surface area (TPSA) is 50.2 Å². The maximum Gasteiger partial charge on any atom is 0.337 e. The molecule has 80 valence electrons. The quantitative estimate of drug-likeness (QED) is 0.781. The zero-order valence-electron chi connectivity index (χ0n) is 8.29. The third kappa shape index (κ3) is 2.23. The first kappa shape index (κ1) is 10.7. The van der Waals surface area contributed by atoms with Crippen molar-refractivity contribution in [3.8, 4) is 11.3 Å². The smallest absolute Gasteiger partial charge is 0.337 e. The lowest BCUT2D eigenvalue weighted by molar-refractivity contribution is 0.0696. The van der Waals surface area contributed by atoms with Gasteiger partial charge in [0.05, 0.1) is 11.3 Å². The maximum absolute atomic E-state index is 10.7. The van der Waals surface area contributed by atoms with Crippen molar-refractivity contribution in [1.29, 1.82) is 0 Å². The predicted octanol–water partition coefficient (Wildman–Crippen LogP) is 2.74. The first-order valence-electron chi connectivity index (χ1n) is 4.65. The summed E-state index contributed by atoms with van der Waals surface area (Å²) >= 11 is 4.24. The Morgan fingerprint density at radius 1 is 1.25 bits per heavy atom. The largest absolute Gasteiger partial charge is 0.478 e. The number of aromatic nitrogens is 1. The second-order valence-corrected chi connectivity index (χ2v) is 3.80. The summed E-state index contributed by atoms with van der Waals surface area (Å²) in [5, 5.41) is 8.74. The maximum atomic E-state index is 10.7. The number of hydrogen-bond donors (Lipinski definition) is 2. The normalized spacial score (nSPS) is 10.1. The van der Waals surface area contributed by atoms with Gasteiger partial charge in [0.1, 0.15) is 0 Å². The molecule has 4 heteroatoms. The number of carbonyl (C=O) groups is 1. The van der Waals surface area contributed by atoms with E-state index in [2.05, 4.69) is 17.6 Å². The van der Waals surface area contributed by atoms with Crippen molar-refractivity contribution in [3.05, 3.63) is 48.2 Å². The summed E-state index contributed by atoms with van der Waals surface area (Å²) in [6, 6.07) is 10.8. The Morgan fingerprint density at radius 3 is 2.62 bits per heavy atom. The summed E-state index contributed by atoms with van der Waals surface area (Å²) in [5.74, 6) is -0.970. The molecule has 0 fully saturated rings. The van der Waals surface area contributed by atoms with Gasteiger partial charge >= 0.3 is 5.97 Å². The van der Waals surface area contributed by atoms with Gasteiger partial charge in [-0.15, -0.1) is 12.6 Å². The molecule has 0 radical (unpaired) electrons. The van der Waals surface area contributed by atoms with Gasteiger partial charge in [-0.1, -0.05) is 12.1 Å². The van der Waals surface area contributed by atoms with Gasteiger partial charge < -0.3 is 5.11 Å². The lowest BCUT2D eigenvalue weighted by Crippen LogP contribution is -1.96. The van der Waals surface area contributed by atoms with Crippen molar-refractivity contribution in [2.75, 3.05) is 0 Å². The van der Waals surface area contributed by atoms with Crippen LogP contribution in [0.5, 0.6) is 0 Å². The average molecular weight is 231 g/mol. The van der Waals surface area contributed by atoms with Crippen molar-refractivity contribution >= 4 is 18.6 Å². The van der Waals surface area contributed by atoms with Crippen LogP contribution in [-0.4, -0.2) is 16.1 Å². The Morgan fingerprint density at radius 2 is 2.06 bits per heavy atom. The highest BCUT2D eigenvalue weighted by Crippen LogP contribution is 2.19. The predicted molar refractivity (Wildman–Crippen MR) is 63.9 cm³/mol. The molecular formula is C12H9NO2S. The van der Waals surface area contributed by atoms with Crippen LogP contribution in [0.1, 0.15) is 10.4 Å². The lowest BCUT2D eigenvalue weighted by Gasteiger charge is -2.01. The summed E-state index contributed by atoms with van der Waals surface area (Å²) < 4.78 is 0. The van der Waals surface area contributed by atoms with Crippen LogP contribution < -0.4 is 0 Å². The Labute approximate surface area is 98.2 Å². The van der Waals surface area contributed by atoms with Gasteiger partial charge in [-0.05, 0) is 24.3 Å². The van der Waals surface area contributed by atoms with Gasteiger partial charge in [0.25, 0.3) is 0 Å². The molecule has 2 aromatic rings. The molecule has 0 atom stereocenters. The van der Waals surface area contributed by atoms with E-state index in [4.69, 9.17) is 5.11 Å². The molecule has 0 aliphatic carbocycles. The van der Waals surface area contributed by atoms with Crippen molar-refractivity contribution < 1.29 is 9.90 Å². The van der Waals surface area contributed by atoms with E-state index in [1.807, 2.05) is 24.3 Å². The van der Waals surface area contributed by atoms with Crippen LogP contribution in [-0.2, 0) is 0 Å². The summed E-state index contributed by atoms with van der Waals surface area (Å²) in [6.45, 7) is 0. The molecule has 0 unspecified atom stereocenters. The molecule has 0 saturated heterocycles. The second kappa shape index (κ2) is 4.37. The minimum Gasteiger partial charge on any atom is -0.478 e. The van der Waals surface area contributed by atoms with Crippen molar-refractivity contribution in [2.24, 2.45) is 0 Å². The van der Waals surface area contributed by atoms with Crippen molar-refractivity contribution in [2.45, 2.75) is 4.90 Å². The number of aromatic carboxylic acids is 1. The first-order chi connectivity index (χ1) is 7.66. The average Bonchev–Trinajstić information content (AvgIpc) is 2.29. The Balaban J connectivity index is 2.38. The summed E-state index contributed by atoms with van der Waals surface area (Å²) in [6.07, 6.45) is 1.35. The number of nitrogens with zero attached hydrogens (tertiary/aromatic N) is 1. The fraction of sp³-hybridized carbons (Fsp3) is 0. The second-order valence-electron chi connectivity index (χ2n) is 3.29. The molecule has 1 aromatic carbocycles. The van der Waals surface area contributed by atoms with Crippen LogP contribution in [0.15, 0.2) is 47.5 Å². The third-order valence-corrected chi connectivity index (χ3v) is 2.43. The molecule has 1 aromatic heterocycles. The van der Waals surface area contributed by atoms with E-state index in [0.717, 1.165) is 16.2 Å². The molecule has 0 saturated carbocycles. The van der Waals surface area contributed by atoms with Gasteiger partial charge in [-0.25, -0.2) is 4.79 Å². The number of rotatable bonds is 2. The summed E-state index contributed by atoms with van der Waals surface area (Å²) in [5.41, 5.74) is 1.84. The molecule has 0 aliphatic rings. The van der Waals surface area contributed by atoms with Crippen LogP contribution >= 0.6 is 12.6 Å². The van der Waals surface area contributed by atoms with Crippen LogP contribution in [0.3, 0.4) is 0 Å². The SMILES string of the molecule is O=C(O)c1ccc(-c2cccc(S)c2)nc1. The minimum absolute atomic E-state index is 0.186. The number of hydrogen-bond acceptors (Lipinski definition) is 3. The van der Waals surface area contributed by atoms with Crippen LogP contribution in [0, 0.1) is 0 Å². The minimum atomic E-state index is -0.970. The first-order valence-corrected chi connectivity index (χ1v) is 5.10. The number of pyridine rings is 1. The fourth-order valence-corrected chi connectivity index (χ4v) is 1.58. The van der Waals surface area contributed by atoms with Crippen LogP contribution in [0.2, 0.25) is 0 Å². The molecule has 1 heterocycles. The van der Waals surface area contributed by atoms with E-state index in [0.29, 0.717) is 0 Å². The van der Waals surface area contributed by atoms with E-state index in [1.54, 1.807) is 6.07 Å². The zero-order valence-corrected chi connectivity index (χ0v) is 9.19. The fourth-order valence-electron chi connectivity index (χ4n) is 1.36. The number of carboxylic acid groups (broad SMARTS) is 1. The van der Waals surface area contributed by atoms with Gasteiger partial charge in [-0.3, -0.25) is 4.98 Å². The molecule has 0 spiro atoms. The highest BCUT2D eigenvalue weighted by molar-refractivity contribution is 7.80. The van der Waals surface area contributed by atoms with Crippen LogP contribution in [0.25, 0.3) is 11.3 Å². The molecule has 1 N–H and O–H groups in total. The van der Waals surface area contributed by atoms with E-state index in [-0.39, 0.29) is 5.56 Å². The zero-order chi connectivity index (χ0) is 11.5. The molecule has 0 aliphatic heterocycles. The van der Waals surface area contributed by atoms with Crippen molar-refractivity contribution in [1.82, 2.24) is 4.98 Å². The molecule has 0 amide bonds. The van der Waals surface area contributed by atoms with Gasteiger partial charge in [0.15, 0.2) is 0 Å². The van der Waals surface area contributed by atoms with Crippen molar-refractivity contribution in [3.63, 3.8) is 0 Å². The van der Waals surface area contributed by atoms with E-state index in [1.165, 1.54) is 12.3 Å². The number of carboxylic acids is 1. The molecule has 2 rings (SSSR count). The Bertz CT molecular complexity index is 523. The Kier molecular flexibility index (Phi) is 2.92. The van der Waals surface area contributed by atoms with Gasteiger partial charge in [-0.2, -0.15) is 0 Å². The molecule has 16 heavy (non-hydrogen) atoms. The highest BCUT2D eigenvalue weighted by Gasteiger charge is 2.04. The van der Waals surface area contributed by atoms with Crippen LogP contribution in [0.4, 0.5) is 0 Å². The lowest BCUT2D eigenvalue weighted by atomic mass is 10.1. The Hall–Kier alpha value is -1.81. The molecule has 0 bridgehead atoms. The summed E-state index contributed by atoms with van der Waals surface area (Å²) in [7, 11) is 0. The number of benzene rings is 1. The van der Waals surface area contributed by atoms with E-state index < -0.39 is 5.97 Å². The number of thiol groups is 1. The van der Waals surface area contributed by atoms with E-state index in [9.17, 15) is 4.79 Å². The molecule has 3 nitrogen and oxygen atoms in total. The highest BCUT2D eigenvalue weighted by atomic mass is 32.1. The van der Waals surface area contributed by atoms with Gasteiger partial charge in [0.2, 0.25) is 0 Å². The third-order valence-electron chi connectivity index (χ3n) is 2.15. The standard InChI is InChI=1S/C12H9NO2S/c14-12(15)9-4-5-11(13-7-9)8-2-1-3-10(16)6-8/h1-7,16H,(H,14,15).